The first-order valence-corrected chi connectivity index (χ1v) is 8.86. The fraction of sp³-hybridized carbons (Fsp3) is 0.222. The lowest BCUT2D eigenvalue weighted by molar-refractivity contribution is -0.127. The number of carbonyl (C=O) groups excluding carboxylic acids is 1. The third kappa shape index (κ3) is 4.48. The highest BCUT2D eigenvalue weighted by molar-refractivity contribution is 7.22. The second-order valence-electron chi connectivity index (χ2n) is 5.43. The Morgan fingerprint density at radius 3 is 2.96 bits per heavy atom. The molecule has 0 spiro atoms. The van der Waals surface area contributed by atoms with E-state index < -0.39 is 6.10 Å². The molecule has 1 heterocycles. The molecule has 0 saturated carbocycles. The Kier molecular flexibility index (Phi) is 5.53. The largest absolute Gasteiger partial charge is 0.497 e. The van der Waals surface area contributed by atoms with Crippen molar-refractivity contribution in [2.24, 2.45) is 0 Å². The van der Waals surface area contributed by atoms with Gasteiger partial charge in [-0.3, -0.25) is 10.1 Å². The maximum absolute atomic E-state index is 12.3. The van der Waals surface area contributed by atoms with E-state index in [0.29, 0.717) is 16.8 Å². The lowest BCUT2D eigenvalue weighted by atomic mass is 10.2. The molecule has 1 amide bonds. The van der Waals surface area contributed by atoms with Crippen molar-refractivity contribution in [1.29, 1.82) is 0 Å². The summed E-state index contributed by atoms with van der Waals surface area (Å²) >= 11 is 7.34. The van der Waals surface area contributed by atoms with Crippen LogP contribution in [0.1, 0.15) is 12.5 Å². The van der Waals surface area contributed by atoms with Gasteiger partial charge < -0.3 is 9.47 Å². The molecule has 1 unspecified atom stereocenters. The maximum Gasteiger partial charge on any atom is 0.255 e. The molecule has 0 aliphatic heterocycles. The number of nitrogens with one attached hydrogen (secondary N) is 1. The number of fused-ring (bicyclic) bond motifs is 1. The van der Waals surface area contributed by atoms with E-state index in [2.05, 4.69) is 10.3 Å². The van der Waals surface area contributed by atoms with Crippen LogP contribution in [0, 0.1) is 0 Å². The van der Waals surface area contributed by atoms with E-state index in [0.717, 1.165) is 21.5 Å². The number of anilines is 1. The molecular formula is C18H17ClN2O3S. The summed E-state index contributed by atoms with van der Waals surface area (Å²) in [7, 11) is 1.61. The molecular weight excluding hydrogens is 360 g/mol. The van der Waals surface area contributed by atoms with Crippen LogP contribution in [0.4, 0.5) is 5.13 Å². The molecule has 0 fully saturated rings. The summed E-state index contributed by atoms with van der Waals surface area (Å²) < 4.78 is 11.7. The van der Waals surface area contributed by atoms with E-state index in [4.69, 9.17) is 21.1 Å². The predicted octanol–water partition coefficient (Wildman–Crippen LogP) is 4.50. The molecule has 130 valence electrons. The van der Waals surface area contributed by atoms with Gasteiger partial charge >= 0.3 is 0 Å². The smallest absolute Gasteiger partial charge is 0.255 e. The van der Waals surface area contributed by atoms with Gasteiger partial charge in [-0.2, -0.15) is 0 Å². The predicted molar refractivity (Wildman–Crippen MR) is 101 cm³/mol. The average Bonchev–Trinajstić information content (AvgIpc) is 3.01. The van der Waals surface area contributed by atoms with E-state index in [9.17, 15) is 4.79 Å². The maximum atomic E-state index is 12.3. The third-order valence-corrected chi connectivity index (χ3v) is 4.75. The molecule has 1 N–H and O–H groups in total. The van der Waals surface area contributed by atoms with E-state index in [1.807, 2.05) is 36.4 Å². The number of nitrogens with zero attached hydrogens (tertiary/aromatic N) is 1. The van der Waals surface area contributed by atoms with Gasteiger partial charge in [-0.25, -0.2) is 4.98 Å². The second kappa shape index (κ2) is 7.82. The van der Waals surface area contributed by atoms with E-state index in [1.165, 1.54) is 11.3 Å². The van der Waals surface area contributed by atoms with Crippen LogP contribution < -0.4 is 10.1 Å². The quantitative estimate of drug-likeness (QED) is 0.688. The van der Waals surface area contributed by atoms with Crippen molar-refractivity contribution < 1.29 is 14.3 Å². The number of rotatable bonds is 6. The molecule has 1 atom stereocenters. The molecule has 0 aliphatic carbocycles. The van der Waals surface area contributed by atoms with Crippen molar-refractivity contribution in [2.75, 3.05) is 12.4 Å². The Bertz CT molecular complexity index is 897. The Hall–Kier alpha value is -2.15. The summed E-state index contributed by atoms with van der Waals surface area (Å²) in [6.45, 7) is 2.03. The highest BCUT2D eigenvalue weighted by Crippen LogP contribution is 2.28. The third-order valence-electron chi connectivity index (χ3n) is 3.58. The van der Waals surface area contributed by atoms with Crippen LogP contribution in [0.5, 0.6) is 5.75 Å². The van der Waals surface area contributed by atoms with Crippen molar-refractivity contribution in [1.82, 2.24) is 4.98 Å². The average molecular weight is 377 g/mol. The van der Waals surface area contributed by atoms with Gasteiger partial charge in [0, 0.05) is 5.02 Å². The van der Waals surface area contributed by atoms with E-state index in [-0.39, 0.29) is 5.91 Å². The lowest BCUT2D eigenvalue weighted by Crippen LogP contribution is -2.27. The molecule has 0 radical (unpaired) electrons. The van der Waals surface area contributed by atoms with Crippen LogP contribution in [0.2, 0.25) is 5.02 Å². The summed E-state index contributed by atoms with van der Waals surface area (Å²) in [6, 6.07) is 13.0. The summed E-state index contributed by atoms with van der Waals surface area (Å²) in [6.07, 6.45) is -0.609. The highest BCUT2D eigenvalue weighted by Gasteiger charge is 2.16. The van der Waals surface area contributed by atoms with Gasteiger partial charge in [0.15, 0.2) is 5.13 Å². The minimum absolute atomic E-state index is 0.243. The highest BCUT2D eigenvalue weighted by atomic mass is 35.5. The number of halogens is 1. The number of hydrogen-bond acceptors (Lipinski definition) is 5. The van der Waals surface area contributed by atoms with Gasteiger partial charge in [0.1, 0.15) is 11.9 Å². The number of methoxy groups -OCH3 is 1. The molecule has 25 heavy (non-hydrogen) atoms. The second-order valence-corrected chi connectivity index (χ2v) is 6.89. The van der Waals surface area contributed by atoms with E-state index >= 15 is 0 Å². The Balaban J connectivity index is 1.59. The molecule has 3 rings (SSSR count). The summed E-state index contributed by atoms with van der Waals surface area (Å²) in [4.78, 5) is 16.7. The normalized spacial score (nSPS) is 12.1. The summed E-state index contributed by atoms with van der Waals surface area (Å²) in [5, 5.41) is 3.95. The first kappa shape index (κ1) is 17.7. The van der Waals surface area contributed by atoms with Crippen molar-refractivity contribution in [2.45, 2.75) is 19.6 Å². The van der Waals surface area contributed by atoms with Gasteiger partial charge in [-0.1, -0.05) is 35.1 Å². The fourth-order valence-electron chi connectivity index (χ4n) is 2.22. The summed E-state index contributed by atoms with van der Waals surface area (Å²) in [5.74, 6) is 0.513. The zero-order valence-electron chi connectivity index (χ0n) is 13.8. The lowest BCUT2D eigenvalue weighted by Gasteiger charge is -2.12. The van der Waals surface area contributed by atoms with Crippen LogP contribution in [-0.4, -0.2) is 24.1 Å². The standard InChI is InChI=1S/C18H17ClN2O3S/c1-11(24-10-12-4-3-5-14(8-12)23-2)17(22)21-18-20-15-7-6-13(19)9-16(15)25-18/h3-9,11H,10H2,1-2H3,(H,20,21,22). The number of amides is 1. The van der Waals surface area contributed by atoms with Crippen LogP contribution in [0.25, 0.3) is 10.2 Å². The molecule has 0 aliphatic rings. The minimum atomic E-state index is -0.609. The molecule has 3 aromatic rings. The van der Waals surface area contributed by atoms with Gasteiger partial charge in [0.05, 0.1) is 23.9 Å². The van der Waals surface area contributed by atoms with Gasteiger partial charge in [-0.15, -0.1) is 0 Å². The Morgan fingerprint density at radius 1 is 1.32 bits per heavy atom. The molecule has 1 aromatic heterocycles. The first-order valence-electron chi connectivity index (χ1n) is 7.66. The molecule has 5 nitrogen and oxygen atoms in total. The zero-order valence-corrected chi connectivity index (χ0v) is 15.4. The number of ether oxygens (including phenoxy) is 2. The summed E-state index contributed by atoms with van der Waals surface area (Å²) in [5.41, 5.74) is 1.74. The number of hydrogen-bond donors (Lipinski definition) is 1. The minimum Gasteiger partial charge on any atom is -0.497 e. The monoisotopic (exact) mass is 376 g/mol. The van der Waals surface area contributed by atoms with Crippen molar-refractivity contribution in [3.63, 3.8) is 0 Å². The van der Waals surface area contributed by atoms with Crippen LogP contribution in [-0.2, 0) is 16.1 Å². The molecule has 2 aromatic carbocycles. The van der Waals surface area contributed by atoms with Crippen molar-refractivity contribution in [3.05, 3.63) is 53.1 Å². The van der Waals surface area contributed by atoms with Crippen molar-refractivity contribution in [3.8, 4) is 5.75 Å². The van der Waals surface area contributed by atoms with Crippen LogP contribution in [0.15, 0.2) is 42.5 Å². The Labute approximate surface area is 154 Å². The Morgan fingerprint density at radius 2 is 2.16 bits per heavy atom. The number of benzene rings is 2. The molecule has 7 heteroatoms. The van der Waals surface area contributed by atoms with Crippen LogP contribution >= 0.6 is 22.9 Å². The van der Waals surface area contributed by atoms with Gasteiger partial charge in [0.25, 0.3) is 5.91 Å². The topological polar surface area (TPSA) is 60.5 Å². The van der Waals surface area contributed by atoms with Crippen molar-refractivity contribution >= 4 is 44.2 Å². The van der Waals surface area contributed by atoms with Crippen LogP contribution in [0.3, 0.4) is 0 Å². The first-order chi connectivity index (χ1) is 12.0. The van der Waals surface area contributed by atoms with E-state index in [1.54, 1.807) is 20.1 Å². The van der Waals surface area contributed by atoms with Gasteiger partial charge in [0.2, 0.25) is 0 Å². The molecule has 0 bridgehead atoms. The SMILES string of the molecule is COc1cccc(COC(C)C(=O)Nc2nc3ccc(Cl)cc3s2)c1. The zero-order chi connectivity index (χ0) is 17.8. The fourth-order valence-corrected chi connectivity index (χ4v) is 3.36. The van der Waals surface area contributed by atoms with Gasteiger partial charge in [-0.05, 0) is 42.8 Å². The number of aromatic nitrogens is 1. The number of thiazole rings is 1. The molecule has 0 saturated heterocycles. The number of carbonyl (C=O) groups is 1.